The Balaban J connectivity index is 1.54. The number of amides is 1. The van der Waals surface area contributed by atoms with Crippen LogP contribution in [-0.2, 0) is 40.3 Å². The summed E-state index contributed by atoms with van der Waals surface area (Å²) in [6.07, 6.45) is 5.38. The smallest absolute Gasteiger partial charge is 0.223 e. The number of fused-ring (bicyclic) bond motifs is 1. The number of piperidine rings is 1. The molecule has 0 radical (unpaired) electrons. The Morgan fingerprint density at radius 3 is 2.97 bits per heavy atom. The highest BCUT2D eigenvalue weighted by Gasteiger charge is 2.33. The largest absolute Gasteiger partial charge is 0.383 e. The number of ether oxygens (including phenoxy) is 2. The Morgan fingerprint density at radius 1 is 1.28 bits per heavy atom. The lowest BCUT2D eigenvalue weighted by molar-refractivity contribution is -0.135. The van der Waals surface area contributed by atoms with Crippen LogP contribution < -0.4 is 0 Å². The van der Waals surface area contributed by atoms with Crippen molar-refractivity contribution in [3.63, 3.8) is 0 Å². The number of hydrogen-bond acceptors (Lipinski definition) is 4. The van der Waals surface area contributed by atoms with Gasteiger partial charge in [0.25, 0.3) is 0 Å². The minimum atomic E-state index is 0.0614. The molecule has 0 N–H and O–H groups in total. The Bertz CT molecular complexity index is 818. The number of carbonyl (C=O) groups is 1. The number of methoxy groups -OCH3 is 1. The first-order chi connectivity index (χ1) is 14.3. The fourth-order valence-corrected chi connectivity index (χ4v) is 4.52. The summed E-state index contributed by atoms with van der Waals surface area (Å²) < 4.78 is 13.1. The van der Waals surface area contributed by atoms with Crippen LogP contribution in [0.4, 0.5) is 0 Å². The molecule has 1 unspecified atom stereocenters. The number of rotatable bonds is 7. The highest BCUT2D eigenvalue weighted by atomic mass is 16.5. The molecular formula is C23H31N3O3. The van der Waals surface area contributed by atoms with E-state index in [0.717, 1.165) is 57.5 Å². The van der Waals surface area contributed by atoms with Gasteiger partial charge in [-0.1, -0.05) is 30.3 Å². The summed E-state index contributed by atoms with van der Waals surface area (Å²) in [6.45, 7) is 3.53. The normalized spacial score (nSPS) is 19.2. The van der Waals surface area contributed by atoms with Gasteiger partial charge in [0.2, 0.25) is 5.91 Å². The molecule has 0 spiro atoms. The van der Waals surface area contributed by atoms with Crippen molar-refractivity contribution >= 4 is 5.91 Å². The van der Waals surface area contributed by atoms with Gasteiger partial charge in [-0.2, -0.15) is 5.10 Å². The Labute approximate surface area is 172 Å². The van der Waals surface area contributed by atoms with E-state index in [1.165, 1.54) is 16.8 Å². The number of benzene rings is 1. The van der Waals surface area contributed by atoms with Gasteiger partial charge in [0.15, 0.2) is 0 Å². The fraction of sp³-hybridized carbons (Fsp3) is 0.565. The maximum atomic E-state index is 13.1. The van der Waals surface area contributed by atoms with Crippen LogP contribution in [0.5, 0.6) is 0 Å². The van der Waals surface area contributed by atoms with E-state index in [1.54, 1.807) is 7.11 Å². The third-order valence-corrected chi connectivity index (χ3v) is 6.04. The van der Waals surface area contributed by atoms with Crippen molar-refractivity contribution in [1.82, 2.24) is 14.7 Å². The van der Waals surface area contributed by atoms with Crippen molar-refractivity contribution in [1.29, 1.82) is 0 Å². The molecule has 2 aromatic rings. The fourth-order valence-electron chi connectivity index (χ4n) is 4.52. The number of aryl methyl sites for hydroxylation is 1. The van der Waals surface area contributed by atoms with Gasteiger partial charge in [-0.05, 0) is 31.2 Å². The monoisotopic (exact) mass is 397 g/mol. The van der Waals surface area contributed by atoms with Gasteiger partial charge in [0, 0.05) is 37.8 Å². The van der Waals surface area contributed by atoms with Crippen LogP contribution in [0.3, 0.4) is 0 Å². The first-order valence-corrected chi connectivity index (χ1v) is 10.8. The zero-order chi connectivity index (χ0) is 20.1. The van der Waals surface area contributed by atoms with Crippen LogP contribution in [-0.4, -0.2) is 47.5 Å². The summed E-state index contributed by atoms with van der Waals surface area (Å²) in [7, 11) is 1.72. The highest BCUT2D eigenvalue weighted by Crippen LogP contribution is 2.35. The van der Waals surface area contributed by atoms with Crippen LogP contribution >= 0.6 is 0 Å². The summed E-state index contributed by atoms with van der Waals surface area (Å²) in [5.74, 6) is 0.232. The summed E-state index contributed by atoms with van der Waals surface area (Å²) in [5, 5.41) is 4.97. The minimum absolute atomic E-state index is 0.0614. The topological polar surface area (TPSA) is 56.6 Å². The van der Waals surface area contributed by atoms with Crippen molar-refractivity contribution in [2.24, 2.45) is 0 Å². The standard InChI is InChI=1S/C23H31N3O3/c1-28-16-14-26-20-12-15-29-17-19(20)23(24-26)21-9-5-6-13-25(21)22(27)11-10-18-7-3-2-4-8-18/h2-4,7-8,21H,5-6,9-17H2,1H3. The molecule has 29 heavy (non-hydrogen) atoms. The number of carbonyl (C=O) groups excluding carboxylic acids is 1. The van der Waals surface area contributed by atoms with Gasteiger partial charge in [-0.25, -0.2) is 0 Å². The van der Waals surface area contributed by atoms with E-state index in [-0.39, 0.29) is 11.9 Å². The molecule has 1 fully saturated rings. The second-order valence-corrected chi connectivity index (χ2v) is 7.91. The lowest BCUT2D eigenvalue weighted by Crippen LogP contribution is -2.39. The summed E-state index contributed by atoms with van der Waals surface area (Å²) >= 11 is 0. The minimum Gasteiger partial charge on any atom is -0.383 e. The zero-order valence-electron chi connectivity index (χ0n) is 17.3. The summed E-state index contributed by atoms with van der Waals surface area (Å²) in [6, 6.07) is 10.3. The molecule has 0 saturated carbocycles. The number of likely N-dealkylation sites (tertiary alicyclic amines) is 1. The molecule has 0 bridgehead atoms. The molecule has 1 amide bonds. The molecule has 4 rings (SSSR count). The Hall–Kier alpha value is -2.18. The van der Waals surface area contributed by atoms with E-state index >= 15 is 0 Å². The highest BCUT2D eigenvalue weighted by molar-refractivity contribution is 5.77. The van der Waals surface area contributed by atoms with Crippen LogP contribution in [0, 0.1) is 0 Å². The molecule has 2 aliphatic heterocycles. The molecule has 6 heteroatoms. The predicted molar refractivity (Wildman–Crippen MR) is 111 cm³/mol. The van der Waals surface area contributed by atoms with Crippen molar-refractivity contribution in [2.75, 3.05) is 26.9 Å². The van der Waals surface area contributed by atoms with Gasteiger partial charge in [-0.15, -0.1) is 0 Å². The first-order valence-electron chi connectivity index (χ1n) is 10.8. The number of aromatic nitrogens is 2. The quantitative estimate of drug-likeness (QED) is 0.719. The number of hydrogen-bond donors (Lipinski definition) is 0. The van der Waals surface area contributed by atoms with Crippen molar-refractivity contribution in [3.8, 4) is 0 Å². The molecule has 0 aliphatic carbocycles. The SMILES string of the molecule is COCCn1nc(C2CCCCN2C(=O)CCc2ccccc2)c2c1CCOC2. The maximum absolute atomic E-state index is 13.1. The van der Waals surface area contributed by atoms with Crippen LogP contribution in [0.25, 0.3) is 0 Å². The van der Waals surface area contributed by atoms with Crippen LogP contribution in [0.15, 0.2) is 30.3 Å². The van der Waals surface area contributed by atoms with E-state index in [4.69, 9.17) is 14.6 Å². The van der Waals surface area contributed by atoms with E-state index in [2.05, 4.69) is 21.7 Å². The van der Waals surface area contributed by atoms with Crippen LogP contribution in [0.2, 0.25) is 0 Å². The van der Waals surface area contributed by atoms with E-state index in [9.17, 15) is 4.79 Å². The lowest BCUT2D eigenvalue weighted by atomic mass is 9.94. The van der Waals surface area contributed by atoms with E-state index in [0.29, 0.717) is 19.6 Å². The molecule has 156 valence electrons. The molecular weight excluding hydrogens is 366 g/mol. The predicted octanol–water partition coefficient (Wildman–Crippen LogP) is 3.29. The molecule has 1 aromatic heterocycles. The van der Waals surface area contributed by atoms with Gasteiger partial charge in [0.1, 0.15) is 0 Å². The second kappa shape index (κ2) is 9.55. The van der Waals surface area contributed by atoms with Crippen molar-refractivity contribution < 1.29 is 14.3 Å². The Kier molecular flexibility index (Phi) is 6.62. The second-order valence-electron chi connectivity index (χ2n) is 7.91. The number of nitrogens with zero attached hydrogens (tertiary/aromatic N) is 3. The molecule has 1 aromatic carbocycles. The molecule has 1 atom stereocenters. The first kappa shape index (κ1) is 20.1. The van der Waals surface area contributed by atoms with E-state index in [1.807, 2.05) is 18.2 Å². The van der Waals surface area contributed by atoms with Gasteiger partial charge < -0.3 is 14.4 Å². The zero-order valence-corrected chi connectivity index (χ0v) is 17.3. The Morgan fingerprint density at radius 2 is 2.14 bits per heavy atom. The molecule has 3 heterocycles. The molecule has 6 nitrogen and oxygen atoms in total. The maximum Gasteiger partial charge on any atom is 0.223 e. The van der Waals surface area contributed by atoms with Gasteiger partial charge in [-0.3, -0.25) is 9.48 Å². The third kappa shape index (κ3) is 4.54. The summed E-state index contributed by atoms with van der Waals surface area (Å²) in [5.41, 5.74) is 4.71. The van der Waals surface area contributed by atoms with Gasteiger partial charge in [0.05, 0.1) is 38.1 Å². The lowest BCUT2D eigenvalue weighted by Gasteiger charge is -2.35. The van der Waals surface area contributed by atoms with Crippen molar-refractivity contribution in [3.05, 3.63) is 52.8 Å². The molecule has 1 saturated heterocycles. The van der Waals surface area contributed by atoms with E-state index < -0.39 is 0 Å². The third-order valence-electron chi connectivity index (χ3n) is 6.04. The van der Waals surface area contributed by atoms with Crippen LogP contribution in [0.1, 0.15) is 54.2 Å². The van der Waals surface area contributed by atoms with Gasteiger partial charge >= 0.3 is 0 Å². The average Bonchev–Trinajstić information content (AvgIpc) is 3.15. The average molecular weight is 398 g/mol. The molecule has 2 aliphatic rings. The summed E-state index contributed by atoms with van der Waals surface area (Å²) in [4.78, 5) is 15.2. The van der Waals surface area contributed by atoms with Crippen molar-refractivity contribution in [2.45, 2.75) is 57.7 Å².